The molecule has 0 radical (unpaired) electrons. The molecule has 0 bridgehead atoms. The first kappa shape index (κ1) is 23.2. The van der Waals surface area contributed by atoms with Crippen molar-refractivity contribution in [2.24, 2.45) is 17.6 Å². The van der Waals surface area contributed by atoms with Crippen LogP contribution in [0.2, 0.25) is 6.32 Å². The van der Waals surface area contributed by atoms with Gasteiger partial charge >= 0.3 is 13.1 Å². The van der Waals surface area contributed by atoms with Crippen molar-refractivity contribution in [2.75, 3.05) is 13.1 Å². The molecule has 0 amide bonds. The van der Waals surface area contributed by atoms with E-state index in [9.17, 15) is 9.90 Å². The van der Waals surface area contributed by atoms with Crippen LogP contribution in [-0.2, 0) is 4.79 Å². The smallest absolute Gasteiger partial charge is 0.451 e. The summed E-state index contributed by atoms with van der Waals surface area (Å²) in [6.07, 6.45) is 3.09. The van der Waals surface area contributed by atoms with Crippen molar-refractivity contribution in [1.82, 2.24) is 5.32 Å². The zero-order chi connectivity index (χ0) is 14.5. The van der Waals surface area contributed by atoms with Gasteiger partial charge in [0, 0.05) is 5.92 Å². The van der Waals surface area contributed by atoms with E-state index in [1.807, 2.05) is 6.92 Å². The Morgan fingerprint density at radius 1 is 1.38 bits per heavy atom. The molecule has 0 aliphatic heterocycles. The Morgan fingerprint density at radius 2 is 2.00 bits per heavy atom. The maximum absolute atomic E-state index is 11.7. The summed E-state index contributed by atoms with van der Waals surface area (Å²) >= 11 is 0. The zero-order valence-corrected chi connectivity index (χ0v) is 14.0. The Bertz CT molecular complexity index is 313. The van der Waals surface area contributed by atoms with Gasteiger partial charge in [0.25, 0.3) is 0 Å². The third-order valence-electron chi connectivity index (χ3n) is 4.22. The molecule has 21 heavy (non-hydrogen) atoms. The van der Waals surface area contributed by atoms with E-state index in [4.69, 9.17) is 15.8 Å². The molecule has 9 heteroatoms. The van der Waals surface area contributed by atoms with Crippen LogP contribution in [0.5, 0.6) is 0 Å². The molecule has 126 valence electrons. The third-order valence-corrected chi connectivity index (χ3v) is 4.22. The number of carbonyl (C=O) groups is 1. The molecular formula is C12H27BCl2N2O4. The van der Waals surface area contributed by atoms with Gasteiger partial charge < -0.3 is 26.2 Å². The number of hydrogen-bond donors (Lipinski definition) is 5. The summed E-state index contributed by atoms with van der Waals surface area (Å²) in [5.74, 6) is -0.723. The number of hydrogen-bond acceptors (Lipinski definition) is 5. The van der Waals surface area contributed by atoms with E-state index >= 15 is 0 Å². The predicted octanol–water partition coefficient (Wildman–Crippen LogP) is 0.501. The monoisotopic (exact) mass is 344 g/mol. The maximum atomic E-state index is 11.7. The Labute approximate surface area is 138 Å². The molecule has 1 aliphatic carbocycles. The van der Waals surface area contributed by atoms with Crippen molar-refractivity contribution in [3.63, 3.8) is 0 Å². The molecule has 6 nitrogen and oxygen atoms in total. The number of halogens is 2. The molecule has 0 spiro atoms. The number of carboxylic acid groups (broad SMARTS) is 1. The Kier molecular flexibility index (Phi) is 11.8. The lowest BCUT2D eigenvalue weighted by Gasteiger charge is -2.44. The van der Waals surface area contributed by atoms with Gasteiger partial charge in [-0.3, -0.25) is 4.79 Å². The summed E-state index contributed by atoms with van der Waals surface area (Å²) < 4.78 is 0. The molecule has 0 saturated heterocycles. The van der Waals surface area contributed by atoms with Gasteiger partial charge in [-0.25, -0.2) is 0 Å². The lowest BCUT2D eigenvalue weighted by atomic mass is 9.65. The summed E-state index contributed by atoms with van der Waals surface area (Å²) in [5.41, 5.74) is 4.77. The van der Waals surface area contributed by atoms with Gasteiger partial charge in [-0.1, -0.05) is 13.3 Å². The zero-order valence-electron chi connectivity index (χ0n) is 12.3. The number of likely N-dealkylation sites (N-methyl/N-ethyl adjacent to an activating group) is 1. The molecule has 0 unspecified atom stereocenters. The third kappa shape index (κ3) is 5.92. The minimum Gasteiger partial charge on any atom is -0.480 e. The molecule has 1 rings (SSSR count). The second-order valence-electron chi connectivity index (χ2n) is 5.44. The van der Waals surface area contributed by atoms with Crippen molar-refractivity contribution in [3.8, 4) is 0 Å². The van der Waals surface area contributed by atoms with Gasteiger partial charge in [-0.05, 0) is 44.6 Å². The number of carboxylic acids is 1. The van der Waals surface area contributed by atoms with Crippen LogP contribution in [-0.4, -0.2) is 46.9 Å². The van der Waals surface area contributed by atoms with Crippen LogP contribution in [0, 0.1) is 11.8 Å². The number of nitrogens with two attached hydrogens (primary N) is 1. The molecule has 0 heterocycles. The Hall–Kier alpha value is -0.0451. The lowest BCUT2D eigenvalue weighted by Crippen LogP contribution is -2.62. The standard InChI is InChI=1S/C12H25BN2O4.2ClH/c1-2-15-12(11(16)17)7-9(5-6-13(18)19)3-4-10(12)8-14;;/h9-10,15,18-19H,2-8,14H2,1H3,(H,16,17);2*1H/t9-,10-,12+;;/m0../s1. The highest BCUT2D eigenvalue weighted by atomic mass is 35.5. The first-order valence-corrected chi connectivity index (χ1v) is 7.00. The van der Waals surface area contributed by atoms with E-state index in [2.05, 4.69) is 5.32 Å². The number of rotatable bonds is 7. The fourth-order valence-corrected chi connectivity index (χ4v) is 3.23. The predicted molar refractivity (Wildman–Crippen MR) is 88.0 cm³/mol. The quantitative estimate of drug-likeness (QED) is 0.429. The molecular weight excluding hydrogens is 318 g/mol. The minimum absolute atomic E-state index is 0. The van der Waals surface area contributed by atoms with Gasteiger partial charge in [0.2, 0.25) is 0 Å². The van der Waals surface area contributed by atoms with Crippen molar-refractivity contribution in [2.45, 2.75) is 44.5 Å². The highest BCUT2D eigenvalue weighted by Gasteiger charge is 2.48. The van der Waals surface area contributed by atoms with Gasteiger partial charge in [0.05, 0.1) is 0 Å². The van der Waals surface area contributed by atoms with Crippen molar-refractivity contribution < 1.29 is 19.9 Å². The molecule has 1 fully saturated rings. The van der Waals surface area contributed by atoms with Crippen LogP contribution in [0.1, 0.15) is 32.6 Å². The van der Waals surface area contributed by atoms with E-state index in [1.165, 1.54) is 0 Å². The fourth-order valence-electron chi connectivity index (χ4n) is 3.23. The first-order chi connectivity index (χ1) is 8.96. The molecule has 0 aromatic heterocycles. The average molecular weight is 345 g/mol. The Balaban J connectivity index is 0. The van der Waals surface area contributed by atoms with Crippen LogP contribution >= 0.6 is 24.8 Å². The van der Waals surface area contributed by atoms with E-state index < -0.39 is 18.6 Å². The molecule has 0 aromatic carbocycles. The van der Waals surface area contributed by atoms with E-state index in [0.717, 1.165) is 12.8 Å². The summed E-state index contributed by atoms with van der Waals surface area (Å²) in [7, 11) is -1.31. The number of aliphatic carboxylic acids is 1. The average Bonchev–Trinajstić information content (AvgIpc) is 2.36. The second kappa shape index (κ2) is 10.6. The molecule has 1 saturated carbocycles. The van der Waals surface area contributed by atoms with E-state index in [-0.39, 0.29) is 36.6 Å². The number of nitrogens with one attached hydrogen (secondary N) is 1. The van der Waals surface area contributed by atoms with Crippen LogP contribution < -0.4 is 11.1 Å². The van der Waals surface area contributed by atoms with Gasteiger partial charge in [0.1, 0.15) is 5.54 Å². The molecule has 1 aliphatic rings. The molecule has 3 atom stereocenters. The van der Waals surface area contributed by atoms with Gasteiger partial charge in [-0.15, -0.1) is 24.8 Å². The van der Waals surface area contributed by atoms with Crippen molar-refractivity contribution >= 4 is 37.9 Å². The summed E-state index contributed by atoms with van der Waals surface area (Å²) in [6, 6.07) is 0. The second-order valence-corrected chi connectivity index (χ2v) is 5.44. The SMILES string of the molecule is CCN[C@]1(C(=O)O)C[C@H](CCB(O)O)CC[C@H]1CN.Cl.Cl. The van der Waals surface area contributed by atoms with E-state index in [1.54, 1.807) is 0 Å². The van der Waals surface area contributed by atoms with Crippen LogP contribution in [0.4, 0.5) is 0 Å². The van der Waals surface area contributed by atoms with Crippen LogP contribution in [0.3, 0.4) is 0 Å². The topological polar surface area (TPSA) is 116 Å². The van der Waals surface area contributed by atoms with Crippen LogP contribution in [0.15, 0.2) is 0 Å². The summed E-state index contributed by atoms with van der Waals surface area (Å²) in [5, 5.41) is 30.6. The maximum Gasteiger partial charge on any atom is 0.451 e. The van der Waals surface area contributed by atoms with Gasteiger partial charge in [-0.2, -0.15) is 0 Å². The largest absolute Gasteiger partial charge is 0.480 e. The highest BCUT2D eigenvalue weighted by Crippen LogP contribution is 2.39. The fraction of sp³-hybridized carbons (Fsp3) is 0.917. The lowest BCUT2D eigenvalue weighted by molar-refractivity contribution is -0.150. The van der Waals surface area contributed by atoms with Crippen molar-refractivity contribution in [3.05, 3.63) is 0 Å². The Morgan fingerprint density at radius 3 is 2.43 bits per heavy atom. The van der Waals surface area contributed by atoms with E-state index in [0.29, 0.717) is 32.3 Å². The van der Waals surface area contributed by atoms with Crippen molar-refractivity contribution in [1.29, 1.82) is 0 Å². The summed E-state index contributed by atoms with van der Waals surface area (Å²) in [4.78, 5) is 11.7. The first-order valence-electron chi connectivity index (χ1n) is 7.00. The van der Waals surface area contributed by atoms with Gasteiger partial charge in [0.15, 0.2) is 0 Å². The molecule has 0 aromatic rings. The van der Waals surface area contributed by atoms with Crippen LogP contribution in [0.25, 0.3) is 0 Å². The minimum atomic E-state index is -1.31. The normalized spacial score (nSPS) is 28.2. The molecule has 6 N–H and O–H groups in total. The summed E-state index contributed by atoms with van der Waals surface area (Å²) in [6.45, 7) is 2.83. The highest BCUT2D eigenvalue weighted by molar-refractivity contribution is 6.40.